The van der Waals surface area contributed by atoms with Crippen LogP contribution >= 0.6 is 0 Å². The van der Waals surface area contributed by atoms with Crippen molar-refractivity contribution in [3.63, 3.8) is 0 Å². The first-order chi connectivity index (χ1) is 8.31. The quantitative estimate of drug-likeness (QED) is 0.853. The normalized spacial score (nSPS) is 10.5. The van der Waals surface area contributed by atoms with E-state index in [0.717, 1.165) is 19.5 Å². The topological polar surface area (TPSA) is 29.9 Å². The smallest absolute Gasteiger partial charge is 0.0575 e. The third-order valence-corrected chi connectivity index (χ3v) is 2.84. The van der Waals surface area contributed by atoms with Gasteiger partial charge in [0.25, 0.3) is 0 Å². The minimum atomic E-state index is 0.824. The van der Waals surface area contributed by atoms with Crippen LogP contribution in [0.2, 0.25) is 0 Å². The maximum Gasteiger partial charge on any atom is 0.0575 e. The number of benzene rings is 1. The van der Waals surface area contributed by atoms with Gasteiger partial charge < -0.3 is 5.32 Å². The Balaban J connectivity index is 2.02. The molecule has 0 spiro atoms. The van der Waals surface area contributed by atoms with Crippen LogP contribution in [0.5, 0.6) is 0 Å². The number of aryl methyl sites for hydroxylation is 2. The van der Waals surface area contributed by atoms with Gasteiger partial charge in [-0.1, -0.05) is 25.1 Å². The summed E-state index contributed by atoms with van der Waals surface area (Å²) in [5.41, 5.74) is 3.70. The van der Waals surface area contributed by atoms with Crippen LogP contribution in [0.25, 0.3) is 0 Å². The van der Waals surface area contributed by atoms with E-state index in [2.05, 4.69) is 59.3 Å². The van der Waals surface area contributed by atoms with Crippen molar-refractivity contribution in [3.8, 4) is 0 Å². The Morgan fingerprint density at radius 2 is 2.06 bits per heavy atom. The highest BCUT2D eigenvalue weighted by molar-refractivity contribution is 5.50. The average molecular weight is 229 g/mol. The molecule has 0 unspecified atom stereocenters. The number of para-hydroxylation sites is 1. The summed E-state index contributed by atoms with van der Waals surface area (Å²) in [5, 5.41) is 7.77. The van der Waals surface area contributed by atoms with Gasteiger partial charge in [-0.3, -0.25) is 4.68 Å². The van der Waals surface area contributed by atoms with Crippen molar-refractivity contribution in [1.29, 1.82) is 0 Å². The summed E-state index contributed by atoms with van der Waals surface area (Å²) in [4.78, 5) is 0. The molecule has 1 aromatic heterocycles. The predicted octanol–water partition coefficient (Wildman–Crippen LogP) is 3.21. The van der Waals surface area contributed by atoms with E-state index in [-0.39, 0.29) is 0 Å². The van der Waals surface area contributed by atoms with Gasteiger partial charge in [0.1, 0.15) is 0 Å². The van der Waals surface area contributed by atoms with E-state index in [1.54, 1.807) is 0 Å². The zero-order valence-electron chi connectivity index (χ0n) is 10.5. The molecule has 0 radical (unpaired) electrons. The number of aromatic nitrogens is 2. The largest absolute Gasteiger partial charge is 0.379 e. The van der Waals surface area contributed by atoms with Crippen LogP contribution in [-0.4, -0.2) is 9.78 Å². The molecule has 17 heavy (non-hydrogen) atoms. The molecule has 0 aliphatic rings. The average Bonchev–Trinajstić information content (AvgIpc) is 2.76. The standard InChI is InChI=1S/C14H19N3/c1-3-10-17-13(8-9-16-17)11-15-14-7-5-4-6-12(14)2/h4-9,15H,3,10-11H2,1-2H3. The van der Waals surface area contributed by atoms with Gasteiger partial charge in [0.05, 0.1) is 12.2 Å². The maximum absolute atomic E-state index is 4.32. The molecule has 90 valence electrons. The highest BCUT2D eigenvalue weighted by Gasteiger charge is 2.02. The summed E-state index contributed by atoms with van der Waals surface area (Å²) >= 11 is 0. The van der Waals surface area contributed by atoms with E-state index < -0.39 is 0 Å². The van der Waals surface area contributed by atoms with Crippen molar-refractivity contribution in [2.75, 3.05) is 5.32 Å². The number of anilines is 1. The lowest BCUT2D eigenvalue weighted by atomic mass is 10.2. The molecule has 0 saturated carbocycles. The molecule has 0 amide bonds. The molecule has 0 saturated heterocycles. The summed E-state index contributed by atoms with van der Waals surface area (Å²) in [6, 6.07) is 10.4. The molecule has 0 bridgehead atoms. The SMILES string of the molecule is CCCn1nccc1CNc1ccccc1C. The third kappa shape index (κ3) is 2.87. The minimum Gasteiger partial charge on any atom is -0.379 e. The molecule has 3 heteroatoms. The van der Waals surface area contributed by atoms with Gasteiger partial charge in [0.2, 0.25) is 0 Å². The first-order valence-electron chi connectivity index (χ1n) is 6.11. The van der Waals surface area contributed by atoms with E-state index in [9.17, 15) is 0 Å². The lowest BCUT2D eigenvalue weighted by molar-refractivity contribution is 0.578. The van der Waals surface area contributed by atoms with E-state index in [0.29, 0.717) is 0 Å². The van der Waals surface area contributed by atoms with E-state index in [1.165, 1.54) is 16.9 Å². The van der Waals surface area contributed by atoms with Gasteiger partial charge in [-0.2, -0.15) is 5.10 Å². The minimum absolute atomic E-state index is 0.824. The van der Waals surface area contributed by atoms with E-state index >= 15 is 0 Å². The number of nitrogens with zero attached hydrogens (tertiary/aromatic N) is 2. The van der Waals surface area contributed by atoms with Crippen LogP contribution in [0, 0.1) is 6.92 Å². The van der Waals surface area contributed by atoms with Crippen LogP contribution in [0.1, 0.15) is 24.6 Å². The highest BCUT2D eigenvalue weighted by Crippen LogP contribution is 2.14. The Bertz CT molecular complexity index is 474. The van der Waals surface area contributed by atoms with Crippen molar-refractivity contribution >= 4 is 5.69 Å². The van der Waals surface area contributed by atoms with E-state index in [1.807, 2.05) is 6.20 Å². The first-order valence-corrected chi connectivity index (χ1v) is 6.11. The number of nitrogens with one attached hydrogen (secondary N) is 1. The summed E-state index contributed by atoms with van der Waals surface area (Å²) in [6.07, 6.45) is 2.98. The van der Waals surface area contributed by atoms with Crippen molar-refractivity contribution in [1.82, 2.24) is 9.78 Å². The van der Waals surface area contributed by atoms with Gasteiger partial charge in [-0.15, -0.1) is 0 Å². The Morgan fingerprint density at radius 3 is 2.82 bits per heavy atom. The van der Waals surface area contributed by atoms with Crippen LogP contribution in [0.15, 0.2) is 36.5 Å². The lowest BCUT2D eigenvalue weighted by Gasteiger charge is -2.10. The summed E-state index contributed by atoms with van der Waals surface area (Å²) in [6.45, 7) is 6.09. The second kappa shape index (κ2) is 5.53. The summed E-state index contributed by atoms with van der Waals surface area (Å²) in [7, 11) is 0. The Hall–Kier alpha value is -1.77. The fraction of sp³-hybridized carbons (Fsp3) is 0.357. The van der Waals surface area contributed by atoms with Gasteiger partial charge in [-0.05, 0) is 31.0 Å². The predicted molar refractivity (Wildman–Crippen MR) is 71.0 cm³/mol. The van der Waals surface area contributed by atoms with Crippen molar-refractivity contribution < 1.29 is 0 Å². The summed E-state index contributed by atoms with van der Waals surface area (Å²) in [5.74, 6) is 0. The lowest BCUT2D eigenvalue weighted by Crippen LogP contribution is -2.09. The van der Waals surface area contributed by atoms with Crippen LogP contribution in [-0.2, 0) is 13.1 Å². The second-order valence-electron chi connectivity index (χ2n) is 4.21. The van der Waals surface area contributed by atoms with E-state index in [4.69, 9.17) is 0 Å². The number of rotatable bonds is 5. The zero-order valence-corrected chi connectivity index (χ0v) is 10.5. The molecular weight excluding hydrogens is 210 g/mol. The Kier molecular flexibility index (Phi) is 3.81. The van der Waals surface area contributed by atoms with Gasteiger partial charge in [0, 0.05) is 18.4 Å². The first kappa shape index (κ1) is 11.7. The molecule has 2 rings (SSSR count). The van der Waals surface area contributed by atoms with Crippen molar-refractivity contribution in [2.24, 2.45) is 0 Å². The molecule has 0 aliphatic carbocycles. The maximum atomic E-state index is 4.32. The van der Waals surface area contributed by atoms with Crippen LogP contribution in [0.3, 0.4) is 0 Å². The molecule has 2 aromatic rings. The second-order valence-corrected chi connectivity index (χ2v) is 4.21. The van der Waals surface area contributed by atoms with Crippen LogP contribution in [0.4, 0.5) is 5.69 Å². The molecule has 0 aliphatic heterocycles. The van der Waals surface area contributed by atoms with Gasteiger partial charge in [0.15, 0.2) is 0 Å². The highest BCUT2D eigenvalue weighted by atomic mass is 15.3. The number of hydrogen-bond acceptors (Lipinski definition) is 2. The molecule has 3 nitrogen and oxygen atoms in total. The molecular formula is C14H19N3. The fourth-order valence-electron chi connectivity index (χ4n) is 1.88. The van der Waals surface area contributed by atoms with Gasteiger partial charge in [-0.25, -0.2) is 0 Å². The monoisotopic (exact) mass is 229 g/mol. The Morgan fingerprint density at radius 1 is 1.24 bits per heavy atom. The molecule has 1 heterocycles. The molecule has 1 N–H and O–H groups in total. The molecule has 1 aromatic carbocycles. The van der Waals surface area contributed by atoms with Crippen molar-refractivity contribution in [2.45, 2.75) is 33.4 Å². The third-order valence-electron chi connectivity index (χ3n) is 2.84. The summed E-state index contributed by atoms with van der Waals surface area (Å²) < 4.78 is 2.06. The van der Waals surface area contributed by atoms with Crippen LogP contribution < -0.4 is 5.32 Å². The molecule has 0 atom stereocenters. The number of hydrogen-bond donors (Lipinski definition) is 1. The fourth-order valence-corrected chi connectivity index (χ4v) is 1.88. The molecule has 0 fully saturated rings. The Labute approximate surface area is 102 Å². The van der Waals surface area contributed by atoms with Gasteiger partial charge >= 0.3 is 0 Å². The van der Waals surface area contributed by atoms with Crippen molar-refractivity contribution in [3.05, 3.63) is 47.8 Å². The zero-order chi connectivity index (χ0) is 12.1.